The van der Waals surface area contributed by atoms with Crippen LogP contribution in [0.5, 0.6) is 11.5 Å². The Morgan fingerprint density at radius 3 is 2.64 bits per heavy atom. The number of fused-ring (bicyclic) bond motifs is 1. The summed E-state index contributed by atoms with van der Waals surface area (Å²) in [5, 5.41) is 9.34. The predicted octanol–water partition coefficient (Wildman–Crippen LogP) is 6.27. The van der Waals surface area contributed by atoms with E-state index in [4.69, 9.17) is 14.2 Å². The molecular weight excluding hydrogens is 516 g/mol. The smallest absolute Gasteiger partial charge is 0.306 e. The Hall–Kier alpha value is -3.55. The van der Waals surface area contributed by atoms with Crippen molar-refractivity contribution in [3.63, 3.8) is 0 Å². The van der Waals surface area contributed by atoms with Crippen molar-refractivity contribution in [2.45, 2.75) is 50.2 Å². The minimum atomic E-state index is -3.32. The third kappa shape index (κ3) is 6.05. The highest BCUT2D eigenvalue weighted by atomic mass is 32.3. The van der Waals surface area contributed by atoms with Crippen LogP contribution < -0.4 is 9.47 Å². The number of rotatable bonds is 8. The summed E-state index contributed by atoms with van der Waals surface area (Å²) in [6, 6.07) is 20.3. The highest BCUT2D eigenvalue weighted by Crippen LogP contribution is 2.57. The van der Waals surface area contributed by atoms with Crippen LogP contribution in [0.25, 0.3) is 0 Å². The zero-order chi connectivity index (χ0) is 28.2. The van der Waals surface area contributed by atoms with Crippen LogP contribution in [-0.2, 0) is 16.1 Å². The number of hydrogen-bond acceptors (Lipinski definition) is 8. The number of ether oxygens (including phenoxy) is 3. The summed E-state index contributed by atoms with van der Waals surface area (Å²) in [5.74, 6) is 0.209. The molecule has 0 radical (unpaired) electrons. The van der Waals surface area contributed by atoms with Gasteiger partial charge in [-0.25, -0.2) is 0 Å². The molecule has 0 fully saturated rings. The first-order valence-corrected chi connectivity index (χ1v) is 14.3. The standard InChI is InChI=1S/C30H34N2O6S/c1-5-24-19-32(39(34,35)29-9-7-6-8-27(29)38-24)18-23-15-22(12-10-20(23)2)26(16-30(33)37-4)25-13-11-21(17-31)14-28(25)36-3/h6-15,24,26,34-35H,5,16,18-19H2,1-4H3. The first kappa shape index (κ1) is 28.5. The third-order valence-corrected chi connectivity index (χ3v) is 9.04. The Morgan fingerprint density at radius 1 is 1.18 bits per heavy atom. The van der Waals surface area contributed by atoms with E-state index in [0.29, 0.717) is 34.9 Å². The van der Waals surface area contributed by atoms with Crippen molar-refractivity contribution in [2.75, 3.05) is 20.8 Å². The van der Waals surface area contributed by atoms with Crippen molar-refractivity contribution in [1.82, 2.24) is 4.31 Å². The van der Waals surface area contributed by atoms with Crippen LogP contribution in [-0.4, -0.2) is 46.2 Å². The van der Waals surface area contributed by atoms with E-state index in [1.807, 2.05) is 38.1 Å². The zero-order valence-electron chi connectivity index (χ0n) is 22.6. The molecule has 1 heterocycles. The molecule has 9 heteroatoms. The summed E-state index contributed by atoms with van der Waals surface area (Å²) in [6.45, 7) is 4.59. The van der Waals surface area contributed by atoms with Crippen molar-refractivity contribution in [3.8, 4) is 17.6 Å². The lowest BCUT2D eigenvalue weighted by molar-refractivity contribution is -0.140. The van der Waals surface area contributed by atoms with E-state index in [-0.39, 0.29) is 25.0 Å². The molecule has 1 aliphatic rings. The maximum atomic E-state index is 12.5. The molecular formula is C30H34N2O6S. The molecule has 2 N–H and O–H groups in total. The lowest BCUT2D eigenvalue weighted by atomic mass is 9.86. The predicted molar refractivity (Wildman–Crippen MR) is 150 cm³/mol. The number of carbonyl (C=O) groups excluding carboxylic acids is 1. The first-order chi connectivity index (χ1) is 18.7. The fraction of sp³-hybridized carbons (Fsp3) is 0.333. The number of nitriles is 1. The normalized spacial score (nSPS) is 18.0. The molecule has 0 aromatic heterocycles. The molecule has 0 amide bonds. The van der Waals surface area contributed by atoms with Gasteiger partial charge in [0.15, 0.2) is 0 Å². The maximum absolute atomic E-state index is 12.5. The molecule has 0 bridgehead atoms. The Balaban J connectivity index is 1.76. The van der Waals surface area contributed by atoms with E-state index in [2.05, 4.69) is 6.07 Å². The minimum absolute atomic E-state index is 0.0687. The second-order valence-corrected chi connectivity index (χ2v) is 11.5. The number of carbonyl (C=O) groups is 1. The third-order valence-electron chi connectivity index (χ3n) is 7.12. The summed E-state index contributed by atoms with van der Waals surface area (Å²) in [7, 11) is -0.437. The first-order valence-electron chi connectivity index (χ1n) is 12.7. The fourth-order valence-electron chi connectivity index (χ4n) is 4.82. The van der Waals surface area contributed by atoms with Crippen LogP contribution in [0.4, 0.5) is 0 Å². The number of benzene rings is 3. The van der Waals surface area contributed by atoms with Crippen molar-refractivity contribution in [2.24, 2.45) is 0 Å². The van der Waals surface area contributed by atoms with Gasteiger partial charge in [0.25, 0.3) is 0 Å². The Kier molecular flexibility index (Phi) is 8.83. The Morgan fingerprint density at radius 2 is 1.95 bits per heavy atom. The average Bonchev–Trinajstić information content (AvgIpc) is 3.06. The van der Waals surface area contributed by atoms with E-state index in [0.717, 1.165) is 22.3 Å². The summed E-state index contributed by atoms with van der Waals surface area (Å²) >= 11 is 0. The second kappa shape index (κ2) is 12.1. The Labute approximate surface area is 231 Å². The van der Waals surface area contributed by atoms with Crippen LogP contribution in [0.3, 0.4) is 0 Å². The molecule has 3 aromatic rings. The zero-order valence-corrected chi connectivity index (χ0v) is 23.4. The van der Waals surface area contributed by atoms with Crippen LogP contribution in [0, 0.1) is 18.3 Å². The number of hydrogen-bond donors (Lipinski definition) is 2. The molecule has 0 saturated carbocycles. The number of para-hydroxylation sites is 1. The largest absolute Gasteiger partial charge is 0.496 e. The van der Waals surface area contributed by atoms with Gasteiger partial charge in [0.05, 0.1) is 38.8 Å². The fourth-order valence-corrected chi connectivity index (χ4v) is 6.44. The molecule has 4 rings (SSSR count). The van der Waals surface area contributed by atoms with Gasteiger partial charge >= 0.3 is 5.97 Å². The van der Waals surface area contributed by atoms with Crippen molar-refractivity contribution >= 4 is 16.7 Å². The number of methoxy groups -OCH3 is 2. The van der Waals surface area contributed by atoms with Gasteiger partial charge in [0.1, 0.15) is 22.5 Å². The van der Waals surface area contributed by atoms with E-state index in [9.17, 15) is 19.2 Å². The van der Waals surface area contributed by atoms with Gasteiger partial charge in [-0.15, -0.1) is 10.8 Å². The molecule has 0 aliphatic carbocycles. The van der Waals surface area contributed by atoms with E-state index in [1.54, 1.807) is 40.7 Å². The Bertz CT molecular complexity index is 1390. The quantitative estimate of drug-likeness (QED) is 0.316. The lowest BCUT2D eigenvalue weighted by Gasteiger charge is -2.42. The van der Waals surface area contributed by atoms with Crippen molar-refractivity contribution < 1.29 is 28.1 Å². The lowest BCUT2D eigenvalue weighted by Crippen LogP contribution is -2.34. The van der Waals surface area contributed by atoms with Gasteiger partial charge in [-0.05, 0) is 54.3 Å². The molecule has 2 atom stereocenters. The van der Waals surface area contributed by atoms with E-state index in [1.165, 1.54) is 14.2 Å². The van der Waals surface area contributed by atoms with Gasteiger partial charge in [0, 0.05) is 18.0 Å². The molecule has 8 nitrogen and oxygen atoms in total. The van der Waals surface area contributed by atoms with Crippen LogP contribution in [0.15, 0.2) is 65.6 Å². The van der Waals surface area contributed by atoms with E-state index < -0.39 is 16.7 Å². The summed E-state index contributed by atoms with van der Waals surface area (Å²) in [4.78, 5) is 12.8. The molecule has 206 valence electrons. The number of esters is 1. The molecule has 2 unspecified atom stereocenters. The maximum Gasteiger partial charge on any atom is 0.306 e. The monoisotopic (exact) mass is 550 g/mol. The molecule has 0 saturated heterocycles. The molecule has 3 aromatic carbocycles. The number of nitrogens with zero attached hydrogens (tertiary/aromatic N) is 2. The summed E-state index contributed by atoms with van der Waals surface area (Å²) in [5.41, 5.74) is 3.92. The van der Waals surface area contributed by atoms with Gasteiger partial charge < -0.3 is 14.2 Å². The summed E-state index contributed by atoms with van der Waals surface area (Å²) in [6.07, 6.45) is 0.566. The average molecular weight is 551 g/mol. The SMILES string of the molecule is CCC1CN(Cc2cc(C(CC(=O)OC)c3ccc(C#N)cc3OC)ccc2C)S(O)(O)c2ccccc2O1. The van der Waals surface area contributed by atoms with Gasteiger partial charge in [0.2, 0.25) is 0 Å². The minimum Gasteiger partial charge on any atom is -0.496 e. The van der Waals surface area contributed by atoms with Crippen LogP contribution >= 0.6 is 10.8 Å². The molecule has 39 heavy (non-hydrogen) atoms. The van der Waals surface area contributed by atoms with Gasteiger partial charge in [-0.3, -0.25) is 13.9 Å². The molecule has 1 aliphatic heterocycles. The molecule has 0 spiro atoms. The van der Waals surface area contributed by atoms with Crippen molar-refractivity contribution in [3.05, 3.63) is 88.5 Å². The number of aryl methyl sites for hydroxylation is 1. The summed E-state index contributed by atoms with van der Waals surface area (Å²) < 4.78 is 41.3. The highest BCUT2D eigenvalue weighted by molar-refractivity contribution is 8.22. The van der Waals surface area contributed by atoms with Crippen molar-refractivity contribution in [1.29, 1.82) is 5.26 Å². The van der Waals surface area contributed by atoms with Gasteiger partial charge in [-0.1, -0.05) is 43.3 Å². The highest BCUT2D eigenvalue weighted by Gasteiger charge is 2.35. The van der Waals surface area contributed by atoms with E-state index >= 15 is 0 Å². The second-order valence-electron chi connectivity index (χ2n) is 9.52. The van der Waals surface area contributed by atoms with Crippen LogP contribution in [0.2, 0.25) is 0 Å². The van der Waals surface area contributed by atoms with Gasteiger partial charge in [-0.2, -0.15) is 9.57 Å². The topological polar surface area (TPSA) is 112 Å². The van der Waals surface area contributed by atoms with Crippen LogP contribution in [0.1, 0.15) is 53.5 Å².